The molecule has 0 aliphatic heterocycles. The molecule has 0 aliphatic rings. The fourth-order valence-corrected chi connectivity index (χ4v) is 11.1. The second kappa shape index (κ2) is 12.6. The Bertz CT molecular complexity index is 3980. The van der Waals surface area contributed by atoms with Gasteiger partial charge >= 0.3 is 0 Å². The molecule has 61 heavy (non-hydrogen) atoms. The van der Waals surface area contributed by atoms with Crippen LogP contribution in [0.3, 0.4) is 0 Å². The second-order valence-corrected chi connectivity index (χ2v) is 16.5. The van der Waals surface area contributed by atoms with Crippen LogP contribution in [0.5, 0.6) is 0 Å². The molecule has 0 bridgehead atoms. The van der Waals surface area contributed by atoms with E-state index in [1.165, 1.54) is 20.2 Å². The summed E-state index contributed by atoms with van der Waals surface area (Å²) in [5, 5.41) is 20.4. The van der Waals surface area contributed by atoms with Crippen LogP contribution in [-0.2, 0) is 0 Å². The van der Waals surface area contributed by atoms with E-state index in [1.807, 2.05) is 73.1 Å². The number of benzene rings is 8. The van der Waals surface area contributed by atoms with Gasteiger partial charge in [-0.15, -0.1) is 11.3 Å². The fraction of sp³-hybridized carbons (Fsp3) is 0. The third kappa shape index (κ3) is 4.47. The van der Waals surface area contributed by atoms with Crippen LogP contribution < -0.4 is 0 Å². The molecule has 0 saturated carbocycles. The lowest BCUT2D eigenvalue weighted by molar-refractivity contribution is 1.13. The Hall–Kier alpha value is -8.36. The molecular weight excluding hydrogens is 765 g/mol. The fourth-order valence-electron chi connectivity index (χ4n) is 10.0. The highest BCUT2D eigenvalue weighted by atomic mass is 32.1. The average Bonchev–Trinajstić information content (AvgIpc) is 3.97. The maximum absolute atomic E-state index is 11.7. The van der Waals surface area contributed by atoms with E-state index in [4.69, 9.17) is 16.5 Å². The highest BCUT2D eigenvalue weighted by molar-refractivity contribution is 7.25. The largest absolute Gasteiger partial charge is 0.318 e. The molecule has 5 heterocycles. The van der Waals surface area contributed by atoms with E-state index in [-0.39, 0.29) is 0 Å². The first-order valence-electron chi connectivity index (χ1n) is 20.1. The summed E-state index contributed by atoms with van der Waals surface area (Å²) in [6, 6.07) is 57.0. The van der Waals surface area contributed by atoms with Crippen LogP contribution in [0, 0.1) is 17.9 Å². The molecule has 0 aliphatic carbocycles. The summed E-state index contributed by atoms with van der Waals surface area (Å²) in [6.45, 7) is 9.15. The van der Waals surface area contributed by atoms with Gasteiger partial charge in [0.25, 0.3) is 0 Å². The van der Waals surface area contributed by atoms with Crippen molar-refractivity contribution in [2.24, 2.45) is 0 Å². The number of thiophene rings is 1. The first kappa shape index (κ1) is 33.6. The predicted molar refractivity (Wildman–Crippen MR) is 252 cm³/mol. The first-order chi connectivity index (χ1) is 30.2. The van der Waals surface area contributed by atoms with Crippen LogP contribution in [0.1, 0.15) is 5.56 Å². The molecule has 7 heteroatoms. The molecule has 0 spiro atoms. The molecule has 280 valence electrons. The Morgan fingerprint density at radius 1 is 0.492 bits per heavy atom. The maximum atomic E-state index is 11.7. The normalized spacial score (nSPS) is 11.9. The Kier molecular flexibility index (Phi) is 6.92. The molecule has 0 amide bonds. The number of nitriles is 1. The Morgan fingerprint density at radius 2 is 1.05 bits per heavy atom. The van der Waals surface area contributed by atoms with Crippen molar-refractivity contribution in [1.82, 2.24) is 19.1 Å². The van der Waals surface area contributed by atoms with Crippen molar-refractivity contribution >= 4 is 103 Å². The van der Waals surface area contributed by atoms with Gasteiger partial charge in [-0.25, -0.2) is 4.85 Å². The third-order valence-electron chi connectivity index (χ3n) is 12.4. The van der Waals surface area contributed by atoms with Gasteiger partial charge in [-0.1, -0.05) is 121 Å². The van der Waals surface area contributed by atoms with Crippen LogP contribution >= 0.6 is 11.3 Å². The molecule has 8 aromatic carbocycles. The van der Waals surface area contributed by atoms with Gasteiger partial charge in [-0.2, -0.15) is 5.26 Å². The lowest BCUT2D eigenvalue weighted by Gasteiger charge is -2.25. The summed E-state index contributed by atoms with van der Waals surface area (Å²) in [7, 11) is 0. The number of hydrogen-bond donors (Lipinski definition) is 0. The van der Waals surface area contributed by atoms with E-state index in [2.05, 4.69) is 117 Å². The summed E-state index contributed by atoms with van der Waals surface area (Å²) in [6.07, 6.45) is 3.74. The van der Waals surface area contributed by atoms with Gasteiger partial charge in [-0.05, 0) is 47.5 Å². The minimum absolute atomic E-state index is 0.394. The zero-order chi connectivity index (χ0) is 40.3. The summed E-state index contributed by atoms with van der Waals surface area (Å²) >= 11 is 1.78. The van der Waals surface area contributed by atoms with Gasteiger partial charge in [0.2, 0.25) is 5.69 Å². The number of aromatic nitrogens is 4. The SMILES string of the molecule is [C-]#[N+]c1c(-c2ccccc2)c(C#N)c(-n2c3ccccc3c3cc4c(cc32)sc2ccccc24)c(-c2ccccc2)c1-n1c2ccnc3c4ccccc4c4nccc1c4c32. The predicted octanol–water partition coefficient (Wildman–Crippen LogP) is 14.5. The zero-order valence-corrected chi connectivity index (χ0v) is 33.1. The standard InChI is InChI=1S/C54H28N6S/c1-56-52-46(31-14-4-2-5-15-31)39(30-55)53(59-40-22-12-10-18-33(40)37-28-38-34-19-11-13-23-44(34)61-45(38)29-43(37)59)47(32-16-6-3-7-17-32)54(52)60-41-24-26-57-50-35-20-8-9-21-36(35)51-49(48(41)50)42(60)25-27-58-51/h2-29H. The maximum Gasteiger partial charge on any atom is 0.220 e. The van der Waals surface area contributed by atoms with Crippen molar-refractivity contribution in [3.63, 3.8) is 0 Å². The van der Waals surface area contributed by atoms with E-state index < -0.39 is 0 Å². The number of para-hydroxylation sites is 1. The van der Waals surface area contributed by atoms with Crippen LogP contribution in [0.4, 0.5) is 5.69 Å². The summed E-state index contributed by atoms with van der Waals surface area (Å²) in [5.41, 5.74) is 10.9. The first-order valence-corrected chi connectivity index (χ1v) is 20.9. The van der Waals surface area contributed by atoms with Gasteiger partial charge in [0.15, 0.2) is 0 Å². The second-order valence-electron chi connectivity index (χ2n) is 15.4. The molecule has 13 aromatic rings. The lowest BCUT2D eigenvalue weighted by atomic mass is 9.88. The van der Waals surface area contributed by atoms with Crippen molar-refractivity contribution in [3.05, 3.63) is 187 Å². The smallest absolute Gasteiger partial charge is 0.220 e. The molecule has 6 nitrogen and oxygen atoms in total. The summed E-state index contributed by atoms with van der Waals surface area (Å²) in [4.78, 5) is 14.5. The molecular formula is C54H28N6S. The van der Waals surface area contributed by atoms with E-state index in [0.29, 0.717) is 22.5 Å². The Morgan fingerprint density at radius 3 is 1.69 bits per heavy atom. The average molecular weight is 793 g/mol. The lowest BCUT2D eigenvalue weighted by Crippen LogP contribution is -2.08. The molecule has 0 atom stereocenters. The van der Waals surface area contributed by atoms with Gasteiger partial charge in [0.1, 0.15) is 6.07 Å². The molecule has 0 unspecified atom stereocenters. The van der Waals surface area contributed by atoms with E-state index in [1.54, 1.807) is 11.3 Å². The van der Waals surface area contributed by atoms with Crippen LogP contribution in [0.2, 0.25) is 0 Å². The highest BCUT2D eigenvalue weighted by Crippen LogP contribution is 2.53. The summed E-state index contributed by atoms with van der Waals surface area (Å²) in [5.74, 6) is 0. The minimum atomic E-state index is 0.394. The van der Waals surface area contributed by atoms with E-state index >= 15 is 0 Å². The van der Waals surface area contributed by atoms with Gasteiger partial charge in [-0.3, -0.25) is 9.97 Å². The number of nitrogens with zero attached hydrogens (tertiary/aromatic N) is 6. The molecule has 0 fully saturated rings. The molecule has 0 saturated heterocycles. The van der Waals surface area contributed by atoms with Crippen molar-refractivity contribution in [3.8, 4) is 39.7 Å². The topological polar surface area (TPSA) is 63.8 Å². The van der Waals surface area contributed by atoms with E-state index in [9.17, 15) is 5.26 Å². The van der Waals surface area contributed by atoms with Crippen molar-refractivity contribution in [2.45, 2.75) is 0 Å². The molecule has 0 N–H and O–H groups in total. The van der Waals surface area contributed by atoms with Crippen LogP contribution in [0.25, 0.3) is 124 Å². The van der Waals surface area contributed by atoms with Crippen molar-refractivity contribution < 1.29 is 0 Å². The van der Waals surface area contributed by atoms with Crippen molar-refractivity contribution in [2.75, 3.05) is 0 Å². The van der Waals surface area contributed by atoms with Gasteiger partial charge < -0.3 is 9.13 Å². The zero-order valence-electron chi connectivity index (χ0n) is 32.3. The quantitative estimate of drug-likeness (QED) is 0.132. The summed E-state index contributed by atoms with van der Waals surface area (Å²) < 4.78 is 6.94. The molecule has 0 radical (unpaired) electrons. The minimum Gasteiger partial charge on any atom is -0.318 e. The van der Waals surface area contributed by atoms with E-state index in [0.717, 1.165) is 87.8 Å². The number of hydrogen-bond acceptors (Lipinski definition) is 4. The number of rotatable bonds is 4. The molecule has 13 rings (SSSR count). The van der Waals surface area contributed by atoms with Gasteiger partial charge in [0.05, 0.1) is 56.6 Å². The monoisotopic (exact) mass is 792 g/mol. The Labute approximate surface area is 352 Å². The third-order valence-corrected chi connectivity index (χ3v) is 13.5. The Balaban J connectivity index is 1.31. The molecule has 5 aromatic heterocycles. The number of fused-ring (bicyclic) bond motifs is 9. The highest BCUT2D eigenvalue weighted by Gasteiger charge is 2.32. The number of pyridine rings is 2. The van der Waals surface area contributed by atoms with Crippen LogP contribution in [0.15, 0.2) is 170 Å². The van der Waals surface area contributed by atoms with Crippen molar-refractivity contribution in [1.29, 1.82) is 5.26 Å². The van der Waals surface area contributed by atoms with Gasteiger partial charge in [0, 0.05) is 76.0 Å². The van der Waals surface area contributed by atoms with Crippen LogP contribution in [-0.4, -0.2) is 19.1 Å².